The van der Waals surface area contributed by atoms with Crippen molar-refractivity contribution < 1.29 is 5.11 Å². The summed E-state index contributed by atoms with van der Waals surface area (Å²) in [6, 6.07) is 19.9. The molecule has 9 heteroatoms. The first-order valence-electron chi connectivity index (χ1n) is 12.4. The van der Waals surface area contributed by atoms with Crippen molar-refractivity contribution in [1.82, 2.24) is 19.6 Å². The summed E-state index contributed by atoms with van der Waals surface area (Å²) in [6.45, 7) is 7.57. The number of H-pyrrole nitrogens is 2. The van der Waals surface area contributed by atoms with E-state index in [9.17, 15) is 14.7 Å². The Morgan fingerprint density at radius 1 is 0.667 bits per heavy atom. The van der Waals surface area contributed by atoms with Crippen LogP contribution in [0.5, 0.6) is 5.75 Å². The molecule has 5 rings (SSSR count). The molecule has 0 aliphatic carbocycles. The molecule has 0 aliphatic rings. The highest BCUT2D eigenvalue weighted by Crippen LogP contribution is 2.30. The number of hydrogen-bond donors (Lipinski definition) is 3. The van der Waals surface area contributed by atoms with E-state index >= 15 is 0 Å². The van der Waals surface area contributed by atoms with Crippen LogP contribution in [0.2, 0.25) is 0 Å². The largest absolute Gasteiger partial charge is 0.506 e. The van der Waals surface area contributed by atoms with Gasteiger partial charge in [0.2, 0.25) is 0 Å². The van der Waals surface area contributed by atoms with Gasteiger partial charge in [0, 0.05) is 23.8 Å². The Balaban J connectivity index is 1.42. The molecule has 0 bridgehead atoms. The van der Waals surface area contributed by atoms with Gasteiger partial charge in [0.25, 0.3) is 11.1 Å². The molecule has 0 spiro atoms. The Morgan fingerprint density at radius 3 is 1.62 bits per heavy atom. The van der Waals surface area contributed by atoms with Gasteiger partial charge in [0.05, 0.1) is 28.2 Å². The Kier molecular flexibility index (Phi) is 6.72. The molecule has 196 valence electrons. The van der Waals surface area contributed by atoms with Crippen molar-refractivity contribution >= 4 is 23.8 Å². The lowest BCUT2D eigenvalue weighted by Crippen LogP contribution is -2.17. The highest BCUT2D eigenvalue weighted by atomic mass is 16.3. The Hall–Kier alpha value is -5.18. The molecule has 5 aromatic rings. The van der Waals surface area contributed by atoms with Gasteiger partial charge in [-0.2, -0.15) is 0 Å². The first kappa shape index (κ1) is 25.5. The molecule has 39 heavy (non-hydrogen) atoms. The van der Waals surface area contributed by atoms with Crippen molar-refractivity contribution in [3.05, 3.63) is 121 Å². The van der Waals surface area contributed by atoms with Crippen LogP contribution in [-0.2, 0) is 0 Å². The molecule has 3 aromatic carbocycles. The van der Waals surface area contributed by atoms with E-state index in [1.54, 1.807) is 19.1 Å². The molecule has 0 saturated heterocycles. The molecule has 0 aliphatic heterocycles. The van der Waals surface area contributed by atoms with E-state index < -0.39 is 0 Å². The van der Waals surface area contributed by atoms with Crippen molar-refractivity contribution in [2.45, 2.75) is 27.7 Å². The summed E-state index contributed by atoms with van der Waals surface area (Å²) in [5.74, 6) is -0.0585. The molecule has 0 radical (unpaired) electrons. The first-order chi connectivity index (χ1) is 18.7. The Bertz CT molecular complexity index is 1830. The molecule has 0 amide bonds. The number of aliphatic imine (C=N–C) groups is 2. The minimum atomic E-state index is -0.249. The maximum Gasteiger partial charge on any atom is 0.280 e. The van der Waals surface area contributed by atoms with Gasteiger partial charge >= 0.3 is 0 Å². The maximum absolute atomic E-state index is 13.0. The number of nitrogens with one attached hydrogen (secondary N) is 2. The van der Waals surface area contributed by atoms with Gasteiger partial charge < -0.3 is 5.11 Å². The lowest BCUT2D eigenvalue weighted by Gasteiger charge is -2.01. The van der Waals surface area contributed by atoms with E-state index in [-0.39, 0.29) is 22.6 Å². The number of aromatic hydroxyl groups is 1. The summed E-state index contributed by atoms with van der Waals surface area (Å²) in [4.78, 5) is 34.8. The summed E-state index contributed by atoms with van der Waals surface area (Å²) in [5, 5.41) is 16.5. The second-order valence-electron chi connectivity index (χ2n) is 9.44. The van der Waals surface area contributed by atoms with Gasteiger partial charge in [-0.15, -0.1) is 0 Å². The Morgan fingerprint density at radius 2 is 1.13 bits per heavy atom. The second kappa shape index (κ2) is 10.3. The third-order valence-corrected chi connectivity index (χ3v) is 6.45. The van der Waals surface area contributed by atoms with E-state index in [1.807, 2.05) is 69.3 Å². The van der Waals surface area contributed by atoms with Gasteiger partial charge in [-0.1, -0.05) is 35.4 Å². The molecule has 2 heterocycles. The number of hydrogen-bond acceptors (Lipinski definition) is 5. The molecule has 0 atom stereocenters. The molecule has 3 N–H and O–H groups in total. The monoisotopic (exact) mass is 520 g/mol. The third-order valence-electron chi connectivity index (χ3n) is 6.45. The normalized spacial score (nSPS) is 11.7. The zero-order chi connectivity index (χ0) is 27.7. The van der Waals surface area contributed by atoms with Crippen LogP contribution in [0.1, 0.15) is 33.6 Å². The van der Waals surface area contributed by atoms with E-state index in [0.717, 1.165) is 16.8 Å². The van der Waals surface area contributed by atoms with Crippen molar-refractivity contribution in [1.29, 1.82) is 0 Å². The van der Waals surface area contributed by atoms with Gasteiger partial charge in [0.15, 0.2) is 0 Å². The fraction of sp³-hybridized carbons (Fsp3) is 0.133. The quantitative estimate of drug-likeness (QED) is 0.271. The maximum atomic E-state index is 13.0. The fourth-order valence-electron chi connectivity index (χ4n) is 4.14. The van der Waals surface area contributed by atoms with Crippen LogP contribution in [-0.4, -0.2) is 37.1 Å². The fourth-order valence-corrected chi connectivity index (χ4v) is 4.14. The molecular weight excluding hydrogens is 492 g/mol. The number of aromatic nitrogens is 4. The average molecular weight is 521 g/mol. The predicted molar refractivity (Wildman–Crippen MR) is 154 cm³/mol. The number of phenols is 1. The highest BCUT2D eigenvalue weighted by molar-refractivity contribution is 5.85. The predicted octanol–water partition coefficient (Wildman–Crippen LogP) is 5.09. The van der Waals surface area contributed by atoms with Crippen molar-refractivity contribution in [2.24, 2.45) is 9.98 Å². The van der Waals surface area contributed by atoms with Gasteiger partial charge in [-0.05, 0) is 70.2 Å². The molecule has 0 saturated carbocycles. The van der Waals surface area contributed by atoms with Gasteiger partial charge in [0.1, 0.15) is 11.4 Å². The van der Waals surface area contributed by atoms with Crippen LogP contribution in [0.4, 0.5) is 11.4 Å². The molecule has 2 aromatic heterocycles. The zero-order valence-corrected chi connectivity index (χ0v) is 22.1. The van der Waals surface area contributed by atoms with Gasteiger partial charge in [-0.25, -0.2) is 9.36 Å². The smallest absolute Gasteiger partial charge is 0.280 e. The summed E-state index contributed by atoms with van der Waals surface area (Å²) in [7, 11) is 0. The van der Waals surface area contributed by atoms with Crippen molar-refractivity contribution in [3.63, 3.8) is 0 Å². The second-order valence-corrected chi connectivity index (χ2v) is 9.44. The van der Waals surface area contributed by atoms with E-state index in [1.165, 1.54) is 27.9 Å². The summed E-state index contributed by atoms with van der Waals surface area (Å²) < 4.78 is 2.94. The van der Waals surface area contributed by atoms with Crippen LogP contribution >= 0.6 is 0 Å². The standard InChI is InChI=1S/C30H28N6O3/c1-18-5-10-23(11-6-18)35-29(38)25(20(3)33-35)16-31-22-9-14-28(37)27(15-22)32-17-26-21(4)34-36(30(26)39)24-12-7-19(2)8-13-24/h5-17,33-34,37H,1-4H3. The lowest BCUT2D eigenvalue weighted by atomic mass is 10.2. The molecule has 0 unspecified atom stereocenters. The summed E-state index contributed by atoms with van der Waals surface area (Å²) in [6.07, 6.45) is 2.92. The molecule has 0 fully saturated rings. The van der Waals surface area contributed by atoms with Crippen LogP contribution in [0.25, 0.3) is 11.4 Å². The number of rotatable bonds is 6. The summed E-state index contributed by atoms with van der Waals surface area (Å²) >= 11 is 0. The lowest BCUT2D eigenvalue weighted by molar-refractivity contribution is 0.477. The van der Waals surface area contributed by atoms with Crippen LogP contribution < -0.4 is 11.1 Å². The van der Waals surface area contributed by atoms with Crippen LogP contribution in [0.3, 0.4) is 0 Å². The van der Waals surface area contributed by atoms with Crippen molar-refractivity contribution in [2.75, 3.05) is 0 Å². The average Bonchev–Trinajstić information content (AvgIpc) is 3.37. The van der Waals surface area contributed by atoms with Crippen molar-refractivity contribution in [3.8, 4) is 17.1 Å². The van der Waals surface area contributed by atoms with E-state index in [2.05, 4.69) is 20.2 Å². The van der Waals surface area contributed by atoms with Crippen LogP contribution in [0, 0.1) is 27.7 Å². The minimum absolute atomic E-state index is 0.0585. The highest BCUT2D eigenvalue weighted by Gasteiger charge is 2.12. The summed E-state index contributed by atoms with van der Waals surface area (Å²) in [5.41, 5.74) is 6.04. The minimum Gasteiger partial charge on any atom is -0.506 e. The third kappa shape index (κ3) is 5.15. The number of aryl methyl sites for hydroxylation is 4. The number of aromatic amines is 2. The Labute approximate surface area is 224 Å². The number of nitrogens with zero attached hydrogens (tertiary/aromatic N) is 4. The zero-order valence-electron chi connectivity index (χ0n) is 22.1. The van der Waals surface area contributed by atoms with Crippen LogP contribution in [0.15, 0.2) is 86.3 Å². The van der Waals surface area contributed by atoms with E-state index in [4.69, 9.17) is 0 Å². The number of phenolic OH excluding ortho intramolecular Hbond substituents is 1. The number of benzene rings is 3. The molecule has 9 nitrogen and oxygen atoms in total. The van der Waals surface area contributed by atoms with Gasteiger partial charge in [-0.3, -0.25) is 29.8 Å². The topological polar surface area (TPSA) is 121 Å². The SMILES string of the molecule is Cc1ccc(-n2[nH]c(C)c(C=Nc3ccc(O)c(N=Cc4c(C)[nH]n(-c5ccc(C)cc5)c4=O)c3)c2=O)cc1. The first-order valence-corrected chi connectivity index (χ1v) is 12.4. The molecular formula is C30H28N6O3. The van der Waals surface area contributed by atoms with E-state index in [0.29, 0.717) is 33.9 Å².